The van der Waals surface area contributed by atoms with Gasteiger partial charge in [0.2, 0.25) is 0 Å². The first-order valence-electron chi connectivity index (χ1n) is 4.29. The Labute approximate surface area is 72.6 Å². The molecule has 1 aliphatic heterocycles. The lowest BCUT2D eigenvalue weighted by molar-refractivity contribution is 0.513. The molecule has 0 bridgehead atoms. The SMILES string of the molecule is CC1=CC(C2(C#N)CC2)NC=C1. The molecule has 0 amide bonds. The maximum atomic E-state index is 8.95. The predicted molar refractivity (Wildman–Crippen MR) is 47.1 cm³/mol. The van der Waals surface area contributed by atoms with Crippen LogP contribution in [0.15, 0.2) is 23.9 Å². The van der Waals surface area contributed by atoms with E-state index in [9.17, 15) is 0 Å². The van der Waals surface area contributed by atoms with Gasteiger partial charge in [0.1, 0.15) is 0 Å². The zero-order chi connectivity index (χ0) is 8.60. The topological polar surface area (TPSA) is 35.8 Å². The second-order valence-electron chi connectivity index (χ2n) is 3.66. The van der Waals surface area contributed by atoms with Crippen LogP contribution in [0.5, 0.6) is 0 Å². The number of rotatable bonds is 1. The lowest BCUT2D eigenvalue weighted by atomic mass is 9.95. The van der Waals surface area contributed by atoms with Crippen LogP contribution in [-0.2, 0) is 0 Å². The summed E-state index contributed by atoms with van der Waals surface area (Å²) in [6.07, 6.45) is 8.20. The number of nitrogens with one attached hydrogen (secondary N) is 1. The van der Waals surface area contributed by atoms with Crippen molar-refractivity contribution in [1.82, 2.24) is 5.32 Å². The van der Waals surface area contributed by atoms with E-state index in [2.05, 4.69) is 24.4 Å². The molecule has 1 heterocycles. The average molecular weight is 160 g/mol. The first kappa shape index (κ1) is 7.42. The van der Waals surface area contributed by atoms with E-state index in [0.29, 0.717) is 0 Å². The van der Waals surface area contributed by atoms with Crippen LogP contribution in [-0.4, -0.2) is 6.04 Å². The molecule has 2 nitrogen and oxygen atoms in total. The first-order valence-corrected chi connectivity index (χ1v) is 4.29. The first-order chi connectivity index (χ1) is 5.77. The lowest BCUT2D eigenvalue weighted by Gasteiger charge is -2.21. The van der Waals surface area contributed by atoms with Gasteiger partial charge < -0.3 is 5.32 Å². The molecule has 62 valence electrons. The Hall–Kier alpha value is -1.23. The molecular weight excluding hydrogens is 148 g/mol. The van der Waals surface area contributed by atoms with E-state index < -0.39 is 0 Å². The fourth-order valence-corrected chi connectivity index (χ4v) is 1.60. The third kappa shape index (κ3) is 1.02. The number of nitrogens with zero attached hydrogens (tertiary/aromatic N) is 1. The summed E-state index contributed by atoms with van der Waals surface area (Å²) in [5, 5.41) is 12.2. The summed E-state index contributed by atoms with van der Waals surface area (Å²) in [4.78, 5) is 0. The van der Waals surface area contributed by atoms with Gasteiger partial charge in [-0.25, -0.2) is 0 Å². The maximum Gasteiger partial charge on any atom is 0.0811 e. The third-order valence-electron chi connectivity index (χ3n) is 2.66. The van der Waals surface area contributed by atoms with Crippen molar-refractivity contribution in [3.05, 3.63) is 23.9 Å². The molecule has 12 heavy (non-hydrogen) atoms. The highest BCUT2D eigenvalue weighted by atomic mass is 14.9. The van der Waals surface area contributed by atoms with Crippen molar-refractivity contribution in [3.8, 4) is 6.07 Å². The highest BCUT2D eigenvalue weighted by molar-refractivity contribution is 5.30. The minimum Gasteiger partial charge on any atom is -0.383 e. The highest BCUT2D eigenvalue weighted by Crippen LogP contribution is 2.49. The molecule has 0 spiro atoms. The van der Waals surface area contributed by atoms with Gasteiger partial charge in [0.15, 0.2) is 0 Å². The van der Waals surface area contributed by atoms with E-state index in [-0.39, 0.29) is 11.5 Å². The third-order valence-corrected chi connectivity index (χ3v) is 2.66. The van der Waals surface area contributed by atoms with Crippen LogP contribution in [0.3, 0.4) is 0 Å². The monoisotopic (exact) mass is 160 g/mol. The molecule has 2 rings (SSSR count). The molecular formula is C10H12N2. The normalized spacial score (nSPS) is 30.0. The van der Waals surface area contributed by atoms with Crippen molar-refractivity contribution < 1.29 is 0 Å². The molecule has 1 aliphatic carbocycles. The van der Waals surface area contributed by atoms with Crippen LogP contribution in [0, 0.1) is 16.7 Å². The minimum atomic E-state index is -0.0912. The highest BCUT2D eigenvalue weighted by Gasteiger charge is 2.49. The Morgan fingerprint density at radius 2 is 2.42 bits per heavy atom. The Morgan fingerprint density at radius 1 is 1.67 bits per heavy atom. The Morgan fingerprint density at radius 3 is 2.92 bits per heavy atom. The quantitative estimate of drug-likeness (QED) is 0.634. The van der Waals surface area contributed by atoms with Gasteiger partial charge in [0, 0.05) is 0 Å². The maximum absolute atomic E-state index is 8.95. The Balaban J connectivity index is 2.18. The molecule has 1 saturated carbocycles. The number of hydrogen-bond acceptors (Lipinski definition) is 2. The number of dihydropyridines is 1. The molecule has 0 saturated heterocycles. The van der Waals surface area contributed by atoms with Crippen LogP contribution >= 0.6 is 0 Å². The molecule has 1 fully saturated rings. The van der Waals surface area contributed by atoms with Crippen molar-refractivity contribution in [2.24, 2.45) is 5.41 Å². The van der Waals surface area contributed by atoms with Crippen molar-refractivity contribution in [3.63, 3.8) is 0 Å². The summed E-state index contributed by atoms with van der Waals surface area (Å²) >= 11 is 0. The van der Waals surface area contributed by atoms with E-state index >= 15 is 0 Å². The average Bonchev–Trinajstić information content (AvgIpc) is 2.84. The van der Waals surface area contributed by atoms with Crippen LogP contribution in [0.25, 0.3) is 0 Å². The van der Waals surface area contributed by atoms with Crippen LogP contribution in [0.4, 0.5) is 0 Å². The number of nitriles is 1. The molecule has 0 aromatic carbocycles. The summed E-state index contributed by atoms with van der Waals surface area (Å²) in [5.41, 5.74) is 1.16. The van der Waals surface area contributed by atoms with Crippen LogP contribution in [0.2, 0.25) is 0 Å². The summed E-state index contributed by atoms with van der Waals surface area (Å²) in [6, 6.07) is 2.64. The summed E-state index contributed by atoms with van der Waals surface area (Å²) in [6.45, 7) is 2.07. The summed E-state index contributed by atoms with van der Waals surface area (Å²) in [5.74, 6) is 0. The van der Waals surface area contributed by atoms with Crippen LogP contribution < -0.4 is 5.32 Å². The van der Waals surface area contributed by atoms with Crippen molar-refractivity contribution in [2.75, 3.05) is 0 Å². The second kappa shape index (κ2) is 2.38. The van der Waals surface area contributed by atoms with Crippen molar-refractivity contribution in [2.45, 2.75) is 25.8 Å². The zero-order valence-corrected chi connectivity index (χ0v) is 7.17. The standard InChI is InChI=1S/C10H12N2/c1-8-2-5-12-9(6-8)10(7-11)3-4-10/h2,5-6,9,12H,3-4H2,1H3. The zero-order valence-electron chi connectivity index (χ0n) is 7.17. The molecule has 2 heteroatoms. The van der Waals surface area contributed by atoms with Gasteiger partial charge in [-0.15, -0.1) is 0 Å². The minimum absolute atomic E-state index is 0.0912. The van der Waals surface area contributed by atoms with E-state index in [4.69, 9.17) is 5.26 Å². The predicted octanol–water partition coefficient (Wildman–Crippen LogP) is 1.72. The molecule has 1 N–H and O–H groups in total. The van der Waals surface area contributed by atoms with Crippen molar-refractivity contribution >= 4 is 0 Å². The molecule has 1 unspecified atom stereocenters. The molecule has 1 atom stereocenters. The molecule has 0 aromatic heterocycles. The lowest BCUT2D eigenvalue weighted by Crippen LogP contribution is -2.33. The van der Waals surface area contributed by atoms with Crippen molar-refractivity contribution in [1.29, 1.82) is 5.26 Å². The van der Waals surface area contributed by atoms with E-state index in [1.54, 1.807) is 0 Å². The Bertz CT molecular complexity index is 289. The van der Waals surface area contributed by atoms with Gasteiger partial charge in [-0.1, -0.05) is 11.6 Å². The van der Waals surface area contributed by atoms with Gasteiger partial charge in [0.05, 0.1) is 17.5 Å². The fraction of sp³-hybridized carbons (Fsp3) is 0.500. The second-order valence-corrected chi connectivity index (χ2v) is 3.66. The number of hydrogen-bond donors (Lipinski definition) is 1. The van der Waals surface area contributed by atoms with E-state index in [1.807, 2.05) is 12.3 Å². The summed E-state index contributed by atoms with van der Waals surface area (Å²) in [7, 11) is 0. The molecule has 0 radical (unpaired) electrons. The molecule has 0 aromatic rings. The van der Waals surface area contributed by atoms with E-state index in [0.717, 1.165) is 12.8 Å². The summed E-state index contributed by atoms with van der Waals surface area (Å²) < 4.78 is 0. The van der Waals surface area contributed by atoms with Gasteiger partial charge in [-0.05, 0) is 32.0 Å². The van der Waals surface area contributed by atoms with Gasteiger partial charge >= 0.3 is 0 Å². The smallest absolute Gasteiger partial charge is 0.0811 e. The largest absolute Gasteiger partial charge is 0.383 e. The van der Waals surface area contributed by atoms with E-state index in [1.165, 1.54) is 5.57 Å². The number of allylic oxidation sites excluding steroid dienone is 2. The van der Waals surface area contributed by atoms with Gasteiger partial charge in [-0.2, -0.15) is 5.26 Å². The van der Waals surface area contributed by atoms with Crippen LogP contribution in [0.1, 0.15) is 19.8 Å². The van der Waals surface area contributed by atoms with Gasteiger partial charge in [0.25, 0.3) is 0 Å². The molecule has 2 aliphatic rings. The Kier molecular flexibility index (Phi) is 1.47. The van der Waals surface area contributed by atoms with Gasteiger partial charge in [-0.3, -0.25) is 0 Å². The fourth-order valence-electron chi connectivity index (χ4n) is 1.60.